The molecule has 2 aromatic carbocycles. The van der Waals surface area contributed by atoms with Crippen LogP contribution in [0.25, 0.3) is 0 Å². The van der Waals surface area contributed by atoms with Gasteiger partial charge in [-0.05, 0) is 35.4 Å². The predicted molar refractivity (Wildman–Crippen MR) is 99.0 cm³/mol. The molecule has 1 aliphatic carbocycles. The van der Waals surface area contributed by atoms with Crippen molar-refractivity contribution in [3.05, 3.63) is 101 Å². The van der Waals surface area contributed by atoms with Crippen LogP contribution in [0.1, 0.15) is 17.5 Å². The largest absolute Gasteiger partial charge is 0.461 e. The Labute approximate surface area is 169 Å². The Bertz CT molecular complexity index is 997. The summed E-state index contributed by atoms with van der Waals surface area (Å²) >= 11 is 0. The lowest BCUT2D eigenvalue weighted by atomic mass is 9.78. The number of hydrogen-bond acceptors (Lipinski definition) is 2. The van der Waals surface area contributed by atoms with Crippen molar-refractivity contribution in [3.63, 3.8) is 0 Å². The number of halogens is 6. The van der Waals surface area contributed by atoms with E-state index in [9.17, 15) is 26.3 Å². The Balaban J connectivity index is 2.09. The Morgan fingerprint density at radius 1 is 0.967 bits per heavy atom. The van der Waals surface area contributed by atoms with Crippen LogP contribution < -0.4 is 10.5 Å². The first-order valence-corrected chi connectivity index (χ1v) is 8.76. The second-order valence-corrected chi connectivity index (χ2v) is 6.70. The summed E-state index contributed by atoms with van der Waals surface area (Å²) in [4.78, 5) is 0. The van der Waals surface area contributed by atoms with Crippen molar-refractivity contribution in [3.8, 4) is 5.75 Å². The molecular weight excluding hydrogens is 408 g/mol. The van der Waals surface area contributed by atoms with E-state index in [1.807, 2.05) is 0 Å². The van der Waals surface area contributed by atoms with Gasteiger partial charge in [-0.2, -0.15) is 17.6 Å². The molecule has 2 aromatic rings. The zero-order valence-corrected chi connectivity index (χ0v) is 15.4. The van der Waals surface area contributed by atoms with Crippen LogP contribution in [-0.2, 0) is 5.54 Å². The molecule has 0 amide bonds. The summed E-state index contributed by atoms with van der Waals surface area (Å²) in [5, 5.41) is 0. The number of rotatable bonds is 7. The summed E-state index contributed by atoms with van der Waals surface area (Å²) in [5.74, 6) is -2.35. The molecule has 0 radical (unpaired) electrons. The van der Waals surface area contributed by atoms with Gasteiger partial charge in [0.25, 0.3) is 0 Å². The van der Waals surface area contributed by atoms with E-state index in [1.54, 1.807) is 24.3 Å². The molecule has 0 fully saturated rings. The van der Waals surface area contributed by atoms with Crippen LogP contribution in [0.2, 0.25) is 0 Å². The molecule has 0 aliphatic heterocycles. The number of nitrogens with two attached hydrogens (primary N) is 1. The molecule has 0 saturated heterocycles. The third-order valence-corrected chi connectivity index (χ3v) is 4.52. The molecule has 2 N–H and O–H groups in total. The number of alkyl halides is 4. The maximum absolute atomic E-state index is 14.2. The fourth-order valence-electron chi connectivity index (χ4n) is 3.06. The van der Waals surface area contributed by atoms with Crippen LogP contribution in [0.4, 0.5) is 26.3 Å². The molecule has 156 valence electrons. The van der Waals surface area contributed by atoms with E-state index < -0.39 is 35.5 Å². The SMILES string of the molecule is N[C@](CC1=CC=[C+]C=C1)(c1ccc(F)cc1)c1cc(F)cc(OC(F)(F)C(F)F)c1. The van der Waals surface area contributed by atoms with Crippen LogP contribution in [0.5, 0.6) is 5.75 Å². The van der Waals surface area contributed by atoms with Crippen molar-refractivity contribution in [2.24, 2.45) is 5.73 Å². The Kier molecular flexibility index (Phi) is 6.01. The van der Waals surface area contributed by atoms with Gasteiger partial charge in [-0.15, -0.1) is 0 Å². The van der Waals surface area contributed by atoms with Gasteiger partial charge in [0.05, 0.1) is 23.3 Å². The zero-order chi connectivity index (χ0) is 21.9. The normalized spacial score (nSPS) is 15.5. The summed E-state index contributed by atoms with van der Waals surface area (Å²) in [6, 6.07) is 7.58. The van der Waals surface area contributed by atoms with Gasteiger partial charge in [-0.25, -0.2) is 8.78 Å². The molecule has 2 nitrogen and oxygen atoms in total. The molecule has 0 spiro atoms. The van der Waals surface area contributed by atoms with Crippen molar-refractivity contribution in [1.82, 2.24) is 0 Å². The lowest BCUT2D eigenvalue weighted by Gasteiger charge is -2.31. The summed E-state index contributed by atoms with van der Waals surface area (Å²) in [6.45, 7) is 0. The number of hydrogen-bond donors (Lipinski definition) is 1. The molecule has 1 aliphatic rings. The maximum Gasteiger partial charge on any atom is 0.461 e. The molecule has 0 bridgehead atoms. The molecule has 0 unspecified atom stereocenters. The van der Waals surface area contributed by atoms with Crippen LogP contribution in [0.15, 0.2) is 72.3 Å². The van der Waals surface area contributed by atoms with E-state index >= 15 is 0 Å². The van der Waals surface area contributed by atoms with Gasteiger partial charge in [-0.3, -0.25) is 0 Å². The molecule has 0 saturated carbocycles. The lowest BCUT2D eigenvalue weighted by Crippen LogP contribution is -2.39. The lowest BCUT2D eigenvalue weighted by molar-refractivity contribution is -0.253. The van der Waals surface area contributed by atoms with Gasteiger partial charge in [-0.1, -0.05) is 12.1 Å². The Morgan fingerprint density at radius 3 is 2.27 bits per heavy atom. The van der Waals surface area contributed by atoms with Gasteiger partial charge in [0.2, 0.25) is 0 Å². The second kappa shape index (κ2) is 8.34. The minimum Gasteiger partial charge on any atom is -0.428 e. The topological polar surface area (TPSA) is 35.2 Å². The van der Waals surface area contributed by atoms with Gasteiger partial charge in [0, 0.05) is 18.6 Å². The molecule has 1 atom stereocenters. The highest BCUT2D eigenvalue weighted by molar-refractivity contribution is 5.45. The van der Waals surface area contributed by atoms with Crippen LogP contribution >= 0.6 is 0 Å². The number of allylic oxidation sites excluding steroid dienone is 5. The minimum absolute atomic E-state index is 0.0120. The highest BCUT2D eigenvalue weighted by Gasteiger charge is 2.44. The summed E-state index contributed by atoms with van der Waals surface area (Å²) in [7, 11) is 0. The van der Waals surface area contributed by atoms with E-state index in [4.69, 9.17) is 5.73 Å². The van der Waals surface area contributed by atoms with Gasteiger partial charge < -0.3 is 10.5 Å². The first-order chi connectivity index (χ1) is 14.1. The fraction of sp³-hybridized carbons (Fsp3) is 0.182. The molecular formula is C22H16F6NO+. The van der Waals surface area contributed by atoms with Gasteiger partial charge in [0.15, 0.2) is 0 Å². The van der Waals surface area contributed by atoms with Crippen molar-refractivity contribution < 1.29 is 31.1 Å². The van der Waals surface area contributed by atoms with Crippen molar-refractivity contribution in [1.29, 1.82) is 0 Å². The molecule has 8 heteroatoms. The van der Waals surface area contributed by atoms with E-state index in [0.717, 1.165) is 24.3 Å². The quantitative estimate of drug-likeness (QED) is 0.461. The second-order valence-electron chi connectivity index (χ2n) is 6.70. The van der Waals surface area contributed by atoms with E-state index in [1.165, 1.54) is 12.1 Å². The standard InChI is InChI=1S/C22H16F6NO/c23-17-8-6-15(7-9-17)21(29,13-14-4-2-1-3-5-14)16-10-18(24)12-19(11-16)30-22(27,28)20(25)26/h2-12,20H,13,29H2/q+1/t21-/m1/s1. The van der Waals surface area contributed by atoms with E-state index in [2.05, 4.69) is 10.8 Å². The van der Waals surface area contributed by atoms with E-state index in [0.29, 0.717) is 17.2 Å². The maximum atomic E-state index is 14.2. The third-order valence-electron chi connectivity index (χ3n) is 4.52. The Hall–Kier alpha value is -3.09. The molecule has 30 heavy (non-hydrogen) atoms. The smallest absolute Gasteiger partial charge is 0.428 e. The van der Waals surface area contributed by atoms with E-state index in [-0.39, 0.29) is 12.0 Å². The van der Waals surface area contributed by atoms with Crippen LogP contribution in [0, 0.1) is 17.7 Å². The fourth-order valence-corrected chi connectivity index (χ4v) is 3.06. The highest BCUT2D eigenvalue weighted by Crippen LogP contribution is 2.37. The minimum atomic E-state index is -4.81. The number of ether oxygens (including phenoxy) is 1. The molecule has 0 aromatic heterocycles. The van der Waals surface area contributed by atoms with Crippen molar-refractivity contribution >= 4 is 0 Å². The summed E-state index contributed by atoms with van der Waals surface area (Å²) < 4.78 is 83.3. The number of benzene rings is 2. The van der Waals surface area contributed by atoms with Crippen molar-refractivity contribution in [2.75, 3.05) is 0 Å². The van der Waals surface area contributed by atoms with Crippen molar-refractivity contribution in [2.45, 2.75) is 24.5 Å². The summed E-state index contributed by atoms with van der Waals surface area (Å²) in [5.41, 5.74) is 6.13. The molecule has 0 heterocycles. The van der Waals surface area contributed by atoms with Gasteiger partial charge in [0.1, 0.15) is 29.5 Å². The monoisotopic (exact) mass is 424 g/mol. The molecule has 3 rings (SSSR count). The predicted octanol–water partition coefficient (Wildman–Crippen LogP) is 5.65. The third kappa shape index (κ3) is 4.72. The highest BCUT2D eigenvalue weighted by atomic mass is 19.3. The zero-order valence-electron chi connectivity index (χ0n) is 15.4. The van der Waals surface area contributed by atoms with Gasteiger partial charge >= 0.3 is 12.5 Å². The first kappa shape index (κ1) is 21.6. The van der Waals surface area contributed by atoms with Crippen LogP contribution in [-0.4, -0.2) is 12.5 Å². The Morgan fingerprint density at radius 2 is 1.67 bits per heavy atom. The van der Waals surface area contributed by atoms with Crippen LogP contribution in [0.3, 0.4) is 0 Å². The first-order valence-electron chi connectivity index (χ1n) is 8.76. The average Bonchev–Trinajstić information content (AvgIpc) is 2.68. The average molecular weight is 424 g/mol. The summed E-state index contributed by atoms with van der Waals surface area (Å²) in [6.07, 6.45) is 0.647.